The second-order valence-electron chi connectivity index (χ2n) is 10.1. The second kappa shape index (κ2) is 9.62. The van der Waals surface area contributed by atoms with Crippen LogP contribution >= 0.6 is 0 Å². The normalized spacial score (nSPS) is 28.4. The van der Waals surface area contributed by atoms with E-state index in [4.69, 9.17) is 0 Å². The Bertz CT molecular complexity index is 1230. The molecule has 7 heteroatoms. The van der Waals surface area contributed by atoms with Gasteiger partial charge in [-0.05, 0) is 48.6 Å². The van der Waals surface area contributed by atoms with E-state index in [0.717, 1.165) is 11.6 Å². The number of aromatic nitrogens is 1. The van der Waals surface area contributed by atoms with Gasteiger partial charge in [-0.15, -0.1) is 0 Å². The molecular formula is C29H31F2N3O2. The maximum Gasteiger partial charge on any atom is 0.228 e. The minimum Gasteiger partial charge on any atom is -0.383 e. The van der Waals surface area contributed by atoms with Gasteiger partial charge in [-0.3, -0.25) is 4.79 Å². The number of benzene rings is 2. The summed E-state index contributed by atoms with van der Waals surface area (Å²) in [5.74, 6) is -1.80. The molecule has 1 N–H and O–H groups in total. The molecule has 5 rings (SSSR count). The van der Waals surface area contributed by atoms with Crippen LogP contribution in [0.1, 0.15) is 37.3 Å². The Kier molecular flexibility index (Phi) is 6.51. The Morgan fingerprint density at radius 2 is 1.78 bits per heavy atom. The monoisotopic (exact) mass is 491 g/mol. The van der Waals surface area contributed by atoms with Gasteiger partial charge < -0.3 is 14.9 Å². The molecular weight excluding hydrogens is 460 g/mol. The van der Waals surface area contributed by atoms with E-state index in [1.54, 1.807) is 11.1 Å². The van der Waals surface area contributed by atoms with Crippen molar-refractivity contribution in [2.45, 2.75) is 37.8 Å². The lowest BCUT2D eigenvalue weighted by Gasteiger charge is -2.50. The lowest BCUT2D eigenvalue weighted by molar-refractivity contribution is -0.159. The number of likely N-dealkylation sites (tertiary alicyclic amines) is 1. The molecule has 1 aromatic heterocycles. The van der Waals surface area contributed by atoms with Crippen molar-refractivity contribution in [1.29, 1.82) is 0 Å². The van der Waals surface area contributed by atoms with Crippen LogP contribution in [0.15, 0.2) is 72.9 Å². The Hall–Kier alpha value is -3.32. The van der Waals surface area contributed by atoms with Gasteiger partial charge in [0.15, 0.2) is 0 Å². The van der Waals surface area contributed by atoms with Gasteiger partial charge >= 0.3 is 0 Å². The third-order valence-corrected chi connectivity index (χ3v) is 8.15. The molecule has 188 valence electrons. The van der Waals surface area contributed by atoms with Crippen LogP contribution in [-0.4, -0.2) is 46.6 Å². The first kappa shape index (κ1) is 24.4. The predicted molar refractivity (Wildman–Crippen MR) is 134 cm³/mol. The van der Waals surface area contributed by atoms with Gasteiger partial charge in [0.05, 0.1) is 12.0 Å². The molecule has 2 aromatic carbocycles. The number of nitrogens with zero attached hydrogens (tertiary/aromatic N) is 3. The first-order chi connectivity index (χ1) is 17.3. The second-order valence-corrected chi connectivity index (χ2v) is 10.1. The zero-order chi connectivity index (χ0) is 25.4. The molecule has 0 saturated carbocycles. The number of hydrogen-bond acceptors (Lipinski definition) is 4. The topological polar surface area (TPSA) is 56.7 Å². The molecule has 0 unspecified atom stereocenters. The lowest BCUT2D eigenvalue weighted by Crippen LogP contribution is -2.60. The maximum absolute atomic E-state index is 14.9. The quantitative estimate of drug-likeness (QED) is 0.574. The van der Waals surface area contributed by atoms with Gasteiger partial charge in [0.1, 0.15) is 23.1 Å². The summed E-state index contributed by atoms with van der Waals surface area (Å²) in [5.41, 5.74) is -0.0971. The molecule has 2 fully saturated rings. The van der Waals surface area contributed by atoms with Gasteiger partial charge in [-0.25, -0.2) is 13.8 Å². The molecule has 0 radical (unpaired) electrons. The lowest BCUT2D eigenvalue weighted by atomic mass is 9.72. The average Bonchev–Trinajstić information content (AvgIpc) is 3.33. The van der Waals surface area contributed by atoms with Crippen LogP contribution in [0.4, 0.5) is 14.6 Å². The van der Waals surface area contributed by atoms with Gasteiger partial charge in [0, 0.05) is 37.8 Å². The zero-order valence-corrected chi connectivity index (χ0v) is 20.5. The number of carbonyl (C=O) groups excluding carboxylic acids is 1. The summed E-state index contributed by atoms with van der Waals surface area (Å²) in [4.78, 5) is 22.3. The molecule has 2 saturated heterocycles. The molecule has 0 spiro atoms. The molecule has 5 nitrogen and oxygen atoms in total. The number of rotatable bonds is 4. The van der Waals surface area contributed by atoms with Crippen molar-refractivity contribution < 1.29 is 18.7 Å². The van der Waals surface area contributed by atoms with E-state index >= 15 is 0 Å². The average molecular weight is 492 g/mol. The van der Waals surface area contributed by atoms with Crippen molar-refractivity contribution >= 4 is 11.7 Å². The summed E-state index contributed by atoms with van der Waals surface area (Å²) < 4.78 is 28.6. The van der Waals surface area contributed by atoms with Crippen LogP contribution in [0.2, 0.25) is 0 Å². The van der Waals surface area contributed by atoms with Crippen LogP contribution in [0.3, 0.4) is 0 Å². The van der Waals surface area contributed by atoms with Crippen LogP contribution in [0, 0.1) is 23.5 Å². The Morgan fingerprint density at radius 1 is 1.03 bits per heavy atom. The van der Waals surface area contributed by atoms with E-state index in [1.165, 1.54) is 12.1 Å². The minimum atomic E-state index is -1.20. The number of pyridine rings is 1. The van der Waals surface area contributed by atoms with Crippen molar-refractivity contribution in [3.05, 3.63) is 95.7 Å². The molecule has 0 bridgehead atoms. The Balaban J connectivity index is 1.49. The van der Waals surface area contributed by atoms with E-state index in [0.29, 0.717) is 37.4 Å². The number of hydrogen-bond donors (Lipinski definition) is 1. The Morgan fingerprint density at radius 3 is 2.47 bits per heavy atom. The van der Waals surface area contributed by atoms with Gasteiger partial charge in [0.2, 0.25) is 5.91 Å². The highest BCUT2D eigenvalue weighted by Crippen LogP contribution is 2.44. The fourth-order valence-electron chi connectivity index (χ4n) is 6.04. The van der Waals surface area contributed by atoms with Crippen molar-refractivity contribution in [1.82, 2.24) is 9.88 Å². The highest BCUT2D eigenvalue weighted by Gasteiger charge is 2.51. The maximum atomic E-state index is 14.9. The van der Waals surface area contributed by atoms with Gasteiger partial charge in [0.25, 0.3) is 0 Å². The highest BCUT2D eigenvalue weighted by atomic mass is 19.1. The van der Waals surface area contributed by atoms with E-state index in [9.17, 15) is 18.7 Å². The van der Waals surface area contributed by atoms with Crippen LogP contribution in [-0.2, 0) is 10.4 Å². The summed E-state index contributed by atoms with van der Waals surface area (Å²) in [7, 11) is 0. The molecule has 3 heterocycles. The SMILES string of the molecule is C[C@@H]1N(C(=O)[C@@H]2CN(c3ccccn3)C[C@H]2c2ccc(F)cc2F)CC[C@H](C)[C@@]1(O)c1ccccc1. The van der Waals surface area contributed by atoms with Crippen LogP contribution in [0.25, 0.3) is 0 Å². The van der Waals surface area contributed by atoms with Gasteiger partial charge in [-0.2, -0.15) is 0 Å². The minimum absolute atomic E-state index is 0.0436. The summed E-state index contributed by atoms with van der Waals surface area (Å²) in [6.07, 6.45) is 2.33. The molecule has 2 aliphatic rings. The summed E-state index contributed by atoms with van der Waals surface area (Å²) in [6.45, 7) is 5.16. The summed E-state index contributed by atoms with van der Waals surface area (Å²) >= 11 is 0. The first-order valence-corrected chi connectivity index (χ1v) is 12.5. The molecule has 1 amide bonds. The summed E-state index contributed by atoms with van der Waals surface area (Å²) in [5, 5.41) is 11.9. The van der Waals surface area contributed by atoms with Crippen molar-refractivity contribution in [2.24, 2.45) is 11.8 Å². The van der Waals surface area contributed by atoms with Crippen LogP contribution in [0.5, 0.6) is 0 Å². The van der Waals surface area contributed by atoms with E-state index in [2.05, 4.69) is 4.98 Å². The largest absolute Gasteiger partial charge is 0.383 e. The number of amides is 1. The third-order valence-electron chi connectivity index (χ3n) is 8.15. The van der Waals surface area contributed by atoms with Crippen molar-refractivity contribution in [3.8, 4) is 0 Å². The fraction of sp³-hybridized carbons (Fsp3) is 0.379. The first-order valence-electron chi connectivity index (χ1n) is 12.5. The number of anilines is 1. The van der Waals surface area contributed by atoms with Crippen molar-refractivity contribution in [2.75, 3.05) is 24.5 Å². The van der Waals surface area contributed by atoms with E-state index in [1.807, 2.05) is 67.3 Å². The standard InChI is InChI=1S/C29H31F2N3O2/c1-19-13-15-34(20(2)29(19,36)21-8-4-3-5-9-21)28(35)25-18-33(27-10-6-7-14-32-27)17-24(25)23-12-11-22(30)16-26(23)31/h3-12,14,16,19-20,24-25,36H,13,15,17-18H2,1-2H3/t19-,20-,24-,25+,29-/m0/s1. The van der Waals surface area contributed by atoms with E-state index in [-0.39, 0.29) is 11.8 Å². The number of aliphatic hydroxyl groups is 1. The predicted octanol–water partition coefficient (Wildman–Crippen LogP) is 4.72. The molecule has 3 aromatic rings. The van der Waals surface area contributed by atoms with Crippen LogP contribution < -0.4 is 4.90 Å². The number of halogens is 2. The third kappa shape index (κ3) is 4.15. The smallest absolute Gasteiger partial charge is 0.228 e. The molecule has 36 heavy (non-hydrogen) atoms. The molecule has 0 aliphatic carbocycles. The summed E-state index contributed by atoms with van der Waals surface area (Å²) in [6, 6.07) is 18.1. The van der Waals surface area contributed by atoms with Crippen molar-refractivity contribution in [3.63, 3.8) is 0 Å². The zero-order valence-electron chi connectivity index (χ0n) is 20.5. The molecule has 2 aliphatic heterocycles. The number of piperidine rings is 1. The highest BCUT2D eigenvalue weighted by molar-refractivity contribution is 5.82. The fourth-order valence-corrected chi connectivity index (χ4v) is 6.04. The molecule has 5 atom stereocenters. The number of carbonyl (C=O) groups is 1. The Labute approximate surface area is 210 Å². The van der Waals surface area contributed by atoms with Gasteiger partial charge in [-0.1, -0.05) is 49.4 Å². The van der Waals surface area contributed by atoms with E-state index < -0.39 is 35.1 Å².